The highest BCUT2D eigenvalue weighted by Crippen LogP contribution is 2.30. The zero-order chi connectivity index (χ0) is 20.4. The number of sulfonamides is 1. The van der Waals surface area contributed by atoms with Gasteiger partial charge in [0, 0.05) is 15.1 Å². The second-order valence-electron chi connectivity index (χ2n) is 6.06. The van der Waals surface area contributed by atoms with Crippen LogP contribution in [-0.4, -0.2) is 29.0 Å². The van der Waals surface area contributed by atoms with Gasteiger partial charge < -0.3 is 0 Å². The highest BCUT2D eigenvalue weighted by molar-refractivity contribution is 9.10. The molecule has 146 valence electrons. The van der Waals surface area contributed by atoms with Gasteiger partial charge in [0.1, 0.15) is 0 Å². The van der Waals surface area contributed by atoms with E-state index in [1.165, 1.54) is 0 Å². The molecule has 10 heteroatoms. The maximum atomic E-state index is 12.9. The summed E-state index contributed by atoms with van der Waals surface area (Å²) < 4.78 is 29.1. The third-order valence-electron chi connectivity index (χ3n) is 4.15. The van der Waals surface area contributed by atoms with E-state index >= 15 is 0 Å². The first kappa shape index (κ1) is 19.6. The average molecular weight is 491 g/mol. The Morgan fingerprint density at radius 2 is 1.59 bits per heavy atom. The summed E-state index contributed by atoms with van der Waals surface area (Å²) in [6, 6.07) is 19.0. The Balaban J connectivity index is 1.64. The predicted molar refractivity (Wildman–Crippen MR) is 115 cm³/mol. The standard InChI is InChI=1S/C19H13BrClN5O2S/c20-14-5-10-18(17(11-14)19-22-25-26-23-19)24-29(27,28)16-8-3-13(4-9-16)12-1-6-15(21)7-2-12/h1-11,24H,(H,22,23,25,26). The highest BCUT2D eigenvalue weighted by atomic mass is 79.9. The van der Waals surface area contributed by atoms with E-state index in [-0.39, 0.29) is 10.7 Å². The normalized spacial score (nSPS) is 11.4. The molecule has 0 fully saturated rings. The van der Waals surface area contributed by atoms with Gasteiger partial charge in [0.05, 0.1) is 10.6 Å². The monoisotopic (exact) mass is 489 g/mol. The van der Waals surface area contributed by atoms with Gasteiger partial charge in [-0.25, -0.2) is 8.42 Å². The Morgan fingerprint density at radius 3 is 2.21 bits per heavy atom. The third-order valence-corrected chi connectivity index (χ3v) is 6.28. The van der Waals surface area contributed by atoms with Crippen LogP contribution in [0.15, 0.2) is 76.1 Å². The molecule has 0 atom stereocenters. The van der Waals surface area contributed by atoms with E-state index in [0.717, 1.165) is 15.6 Å². The molecule has 0 aliphatic heterocycles. The molecule has 3 aromatic carbocycles. The second-order valence-corrected chi connectivity index (χ2v) is 9.10. The minimum Gasteiger partial charge on any atom is -0.279 e. The fourth-order valence-corrected chi connectivity index (χ4v) is 4.31. The van der Waals surface area contributed by atoms with E-state index in [4.69, 9.17) is 11.6 Å². The number of hydrogen-bond acceptors (Lipinski definition) is 5. The van der Waals surface area contributed by atoms with Gasteiger partial charge in [0.2, 0.25) is 5.82 Å². The van der Waals surface area contributed by atoms with Crippen LogP contribution in [0.2, 0.25) is 5.02 Å². The third kappa shape index (κ3) is 4.31. The van der Waals surface area contributed by atoms with Gasteiger partial charge in [-0.3, -0.25) is 4.72 Å². The number of aromatic amines is 1. The Labute approximate surface area is 180 Å². The molecule has 0 aliphatic carbocycles. The van der Waals surface area contributed by atoms with Crippen LogP contribution >= 0.6 is 27.5 Å². The molecule has 0 amide bonds. The summed E-state index contributed by atoms with van der Waals surface area (Å²) in [6.07, 6.45) is 0. The minimum atomic E-state index is -3.82. The van der Waals surface area contributed by atoms with Crippen molar-refractivity contribution < 1.29 is 8.42 Å². The second kappa shape index (κ2) is 7.94. The fraction of sp³-hybridized carbons (Fsp3) is 0. The Morgan fingerprint density at radius 1 is 0.931 bits per heavy atom. The summed E-state index contributed by atoms with van der Waals surface area (Å²) in [7, 11) is -3.82. The minimum absolute atomic E-state index is 0.136. The van der Waals surface area contributed by atoms with Gasteiger partial charge in [0.25, 0.3) is 10.0 Å². The molecule has 1 aromatic heterocycles. The van der Waals surface area contributed by atoms with Crippen molar-refractivity contribution in [1.29, 1.82) is 0 Å². The number of anilines is 1. The van der Waals surface area contributed by atoms with Crippen LogP contribution in [0.3, 0.4) is 0 Å². The fourth-order valence-electron chi connectivity index (χ4n) is 2.74. The molecule has 0 radical (unpaired) electrons. The van der Waals surface area contributed by atoms with Crippen molar-refractivity contribution in [3.8, 4) is 22.5 Å². The van der Waals surface area contributed by atoms with Crippen LogP contribution in [0.1, 0.15) is 0 Å². The summed E-state index contributed by atoms with van der Waals surface area (Å²) in [5.41, 5.74) is 2.67. The molecule has 0 saturated heterocycles. The average Bonchev–Trinajstić information content (AvgIpc) is 3.25. The number of nitrogens with zero attached hydrogens (tertiary/aromatic N) is 3. The quantitative estimate of drug-likeness (QED) is 0.420. The molecule has 0 unspecified atom stereocenters. The molecule has 2 N–H and O–H groups in total. The van der Waals surface area contributed by atoms with Gasteiger partial charge in [-0.1, -0.05) is 51.8 Å². The molecule has 29 heavy (non-hydrogen) atoms. The molecule has 0 aliphatic rings. The first-order chi connectivity index (χ1) is 13.9. The van der Waals surface area contributed by atoms with E-state index in [2.05, 4.69) is 41.3 Å². The van der Waals surface area contributed by atoms with E-state index in [1.54, 1.807) is 54.6 Å². The molecular formula is C19H13BrClN5O2S. The largest absolute Gasteiger partial charge is 0.279 e. The summed E-state index contributed by atoms with van der Waals surface area (Å²) in [5, 5.41) is 14.4. The van der Waals surface area contributed by atoms with Gasteiger partial charge in [-0.15, -0.1) is 10.2 Å². The molecule has 4 aromatic rings. The predicted octanol–water partition coefficient (Wildman–Crippen LogP) is 4.75. The molecule has 1 heterocycles. The van der Waals surface area contributed by atoms with Crippen molar-refractivity contribution in [3.05, 3.63) is 76.2 Å². The lowest BCUT2D eigenvalue weighted by atomic mass is 10.1. The van der Waals surface area contributed by atoms with Crippen molar-refractivity contribution >= 4 is 43.2 Å². The maximum absolute atomic E-state index is 12.9. The molecule has 7 nitrogen and oxygen atoms in total. The van der Waals surface area contributed by atoms with Crippen molar-refractivity contribution in [2.45, 2.75) is 4.90 Å². The highest BCUT2D eigenvalue weighted by Gasteiger charge is 2.18. The number of hydrogen-bond donors (Lipinski definition) is 2. The van der Waals surface area contributed by atoms with Gasteiger partial charge in [0.15, 0.2) is 0 Å². The van der Waals surface area contributed by atoms with Gasteiger partial charge >= 0.3 is 0 Å². The lowest BCUT2D eigenvalue weighted by molar-refractivity contribution is 0.601. The number of aromatic nitrogens is 4. The lowest BCUT2D eigenvalue weighted by Crippen LogP contribution is -2.13. The smallest absolute Gasteiger partial charge is 0.261 e. The van der Waals surface area contributed by atoms with Crippen LogP contribution < -0.4 is 4.72 Å². The number of rotatable bonds is 5. The van der Waals surface area contributed by atoms with Crippen LogP contribution in [0.25, 0.3) is 22.5 Å². The van der Waals surface area contributed by atoms with Crippen molar-refractivity contribution in [2.75, 3.05) is 4.72 Å². The SMILES string of the molecule is O=S(=O)(Nc1ccc(Br)cc1-c1nn[nH]n1)c1ccc(-c2ccc(Cl)cc2)cc1. The Kier molecular flexibility index (Phi) is 5.35. The number of benzene rings is 3. The molecule has 0 bridgehead atoms. The van der Waals surface area contributed by atoms with Gasteiger partial charge in [-0.05, 0) is 58.8 Å². The molecular weight excluding hydrogens is 478 g/mol. The Hall–Kier alpha value is -2.75. The number of nitrogens with one attached hydrogen (secondary N) is 2. The summed E-state index contributed by atoms with van der Waals surface area (Å²) in [6.45, 7) is 0. The van der Waals surface area contributed by atoms with Crippen LogP contribution in [0, 0.1) is 0 Å². The lowest BCUT2D eigenvalue weighted by Gasteiger charge is -2.12. The maximum Gasteiger partial charge on any atom is 0.261 e. The number of halogens is 2. The first-order valence-electron chi connectivity index (χ1n) is 8.34. The van der Waals surface area contributed by atoms with Crippen LogP contribution in [0.5, 0.6) is 0 Å². The van der Waals surface area contributed by atoms with Gasteiger partial charge in [-0.2, -0.15) is 5.21 Å². The van der Waals surface area contributed by atoms with Crippen molar-refractivity contribution in [3.63, 3.8) is 0 Å². The summed E-state index contributed by atoms with van der Waals surface area (Å²) in [4.78, 5) is 0.136. The van der Waals surface area contributed by atoms with E-state index < -0.39 is 10.0 Å². The molecule has 0 spiro atoms. The van der Waals surface area contributed by atoms with E-state index in [9.17, 15) is 8.42 Å². The number of H-pyrrole nitrogens is 1. The molecule has 4 rings (SSSR count). The zero-order valence-electron chi connectivity index (χ0n) is 14.7. The van der Waals surface area contributed by atoms with Crippen LogP contribution in [-0.2, 0) is 10.0 Å². The van der Waals surface area contributed by atoms with Crippen molar-refractivity contribution in [1.82, 2.24) is 20.6 Å². The zero-order valence-corrected chi connectivity index (χ0v) is 17.8. The number of tetrazole rings is 1. The molecule has 0 saturated carbocycles. The van der Waals surface area contributed by atoms with E-state index in [0.29, 0.717) is 16.3 Å². The Bertz CT molecular complexity index is 1250. The topological polar surface area (TPSA) is 101 Å². The van der Waals surface area contributed by atoms with Crippen LogP contribution in [0.4, 0.5) is 5.69 Å². The summed E-state index contributed by atoms with van der Waals surface area (Å²) in [5.74, 6) is 0.280. The first-order valence-corrected chi connectivity index (χ1v) is 11.0. The van der Waals surface area contributed by atoms with Crippen molar-refractivity contribution in [2.24, 2.45) is 0 Å². The summed E-state index contributed by atoms with van der Waals surface area (Å²) >= 11 is 9.28. The van der Waals surface area contributed by atoms with E-state index in [1.807, 2.05) is 12.1 Å².